The van der Waals surface area contributed by atoms with Crippen LogP contribution in [0.4, 0.5) is 0 Å². The Bertz CT molecular complexity index is 439. The quantitative estimate of drug-likeness (QED) is 0.656. The second-order valence-electron chi connectivity index (χ2n) is 2.29. The first-order valence-electron chi connectivity index (χ1n) is 3.35. The second kappa shape index (κ2) is 6.43. The van der Waals surface area contributed by atoms with E-state index in [1.54, 1.807) is 12.1 Å². The van der Waals surface area contributed by atoms with E-state index in [4.69, 9.17) is 4.42 Å². The van der Waals surface area contributed by atoms with E-state index < -0.39 is 0 Å². The normalized spacial score (nSPS) is 8.00. The van der Waals surface area contributed by atoms with Crippen molar-refractivity contribution in [2.45, 2.75) is 0 Å². The predicted molar refractivity (Wildman–Crippen MR) is 60.6 cm³/mol. The molecule has 0 radical (unpaired) electrons. The Morgan fingerprint density at radius 3 is 2.29 bits per heavy atom. The third-order valence-electron chi connectivity index (χ3n) is 1.53. The monoisotopic (exact) mass is 236 g/mol. The molecule has 1 heterocycles. The first kappa shape index (κ1) is 15.4. The zero-order valence-corrected chi connectivity index (χ0v) is 8.73. The number of fused-ring (bicyclic) bond motifs is 1. The van der Waals surface area contributed by atoms with Gasteiger partial charge in [-0.25, -0.2) is 4.79 Å². The minimum atomic E-state index is -0.302. The van der Waals surface area contributed by atoms with Crippen LogP contribution in [-0.2, 0) is 0 Å². The van der Waals surface area contributed by atoms with Crippen LogP contribution in [0, 0.1) is 0 Å². The minimum Gasteiger partial charge on any atom is -0.423 e. The number of para-hydroxylation sites is 1. The number of benzene rings is 1. The molecule has 0 atom stereocenters. The van der Waals surface area contributed by atoms with Crippen molar-refractivity contribution in [2.24, 2.45) is 0 Å². The number of hydrogen-bond donors (Lipinski definition) is 0. The third-order valence-corrected chi connectivity index (χ3v) is 1.53. The molecule has 0 aliphatic rings. The van der Waals surface area contributed by atoms with Crippen molar-refractivity contribution in [2.75, 3.05) is 0 Å². The van der Waals surface area contributed by atoms with Crippen LogP contribution in [0.3, 0.4) is 0 Å². The fourth-order valence-electron chi connectivity index (χ4n) is 1.01. The van der Waals surface area contributed by atoms with E-state index in [0.29, 0.717) is 5.58 Å². The zero-order valence-electron chi connectivity index (χ0n) is 7.10. The van der Waals surface area contributed by atoms with Crippen molar-refractivity contribution in [1.82, 2.24) is 0 Å². The Morgan fingerprint density at radius 1 is 0.929 bits per heavy atom. The van der Waals surface area contributed by atoms with Gasteiger partial charge < -0.3 is 9.89 Å². The average molecular weight is 237 g/mol. The van der Waals surface area contributed by atoms with E-state index in [2.05, 4.69) is 0 Å². The van der Waals surface area contributed by atoms with Crippen molar-refractivity contribution in [3.8, 4) is 0 Å². The molecule has 3 nitrogen and oxygen atoms in total. The summed E-state index contributed by atoms with van der Waals surface area (Å²) in [5, 5.41) is 0.951. The highest BCUT2D eigenvalue weighted by atomic mass is 35.5. The highest BCUT2D eigenvalue weighted by Gasteiger charge is 1.92. The van der Waals surface area contributed by atoms with Crippen LogP contribution >= 0.6 is 24.8 Å². The molecule has 0 amide bonds. The van der Waals surface area contributed by atoms with Crippen LogP contribution in [0.15, 0.2) is 45.6 Å². The third kappa shape index (κ3) is 3.03. The first-order chi connectivity index (χ1) is 5.36. The maximum absolute atomic E-state index is 10.7. The molecule has 2 N–H and O–H groups in total. The van der Waals surface area contributed by atoms with Gasteiger partial charge in [-0.1, -0.05) is 18.2 Å². The summed E-state index contributed by atoms with van der Waals surface area (Å²) in [4.78, 5) is 10.7. The van der Waals surface area contributed by atoms with Crippen molar-refractivity contribution < 1.29 is 9.89 Å². The van der Waals surface area contributed by atoms with Crippen LogP contribution in [0.25, 0.3) is 11.0 Å². The lowest BCUT2D eigenvalue weighted by Crippen LogP contribution is -1.93. The Balaban J connectivity index is 0. The molecule has 14 heavy (non-hydrogen) atoms. The highest BCUT2D eigenvalue weighted by Crippen LogP contribution is 2.08. The smallest absolute Gasteiger partial charge is 0.336 e. The molecule has 0 saturated heterocycles. The van der Waals surface area contributed by atoms with Gasteiger partial charge in [0.1, 0.15) is 5.58 Å². The lowest BCUT2D eigenvalue weighted by molar-refractivity contribution is 0.561. The highest BCUT2D eigenvalue weighted by molar-refractivity contribution is 5.85. The molecule has 5 heteroatoms. The zero-order chi connectivity index (χ0) is 7.68. The SMILES string of the molecule is Cl.Cl.O.O=c1ccc2ccccc2o1. The molecule has 78 valence electrons. The molecule has 0 spiro atoms. The molecule has 0 unspecified atom stereocenters. The molecule has 0 fully saturated rings. The molecule has 0 aliphatic carbocycles. The summed E-state index contributed by atoms with van der Waals surface area (Å²) >= 11 is 0. The van der Waals surface area contributed by atoms with Crippen LogP contribution in [0.5, 0.6) is 0 Å². The van der Waals surface area contributed by atoms with Gasteiger partial charge in [-0.05, 0) is 12.1 Å². The van der Waals surface area contributed by atoms with Crippen molar-refractivity contribution in [3.05, 3.63) is 46.8 Å². The van der Waals surface area contributed by atoms with Crippen molar-refractivity contribution in [3.63, 3.8) is 0 Å². The van der Waals surface area contributed by atoms with Crippen LogP contribution in [0.1, 0.15) is 0 Å². The van der Waals surface area contributed by atoms with E-state index in [-0.39, 0.29) is 35.9 Å². The standard InChI is InChI=1S/C9H6O2.2ClH.H2O/c10-9-6-5-7-3-1-2-4-8(7)11-9;;;/h1-6H;2*1H;1H2. The van der Waals surface area contributed by atoms with Gasteiger partial charge in [-0.15, -0.1) is 24.8 Å². The van der Waals surface area contributed by atoms with Gasteiger partial charge in [0.15, 0.2) is 0 Å². The molecule has 0 saturated carbocycles. The molecule has 1 aromatic carbocycles. The second-order valence-corrected chi connectivity index (χ2v) is 2.29. The van der Waals surface area contributed by atoms with Gasteiger partial charge in [0.05, 0.1) is 0 Å². The lowest BCUT2D eigenvalue weighted by Gasteiger charge is -1.91. The molecule has 1 aromatic heterocycles. The van der Waals surface area contributed by atoms with E-state index >= 15 is 0 Å². The van der Waals surface area contributed by atoms with Gasteiger partial charge in [0.25, 0.3) is 0 Å². The van der Waals surface area contributed by atoms with Gasteiger partial charge in [0, 0.05) is 11.5 Å². The number of hydrogen-bond acceptors (Lipinski definition) is 2. The van der Waals surface area contributed by atoms with Gasteiger partial charge in [-0.3, -0.25) is 0 Å². The molecular weight excluding hydrogens is 227 g/mol. The number of halogens is 2. The Kier molecular flexibility index (Phi) is 7.09. The number of rotatable bonds is 0. The topological polar surface area (TPSA) is 61.7 Å². The van der Waals surface area contributed by atoms with Gasteiger partial charge in [-0.2, -0.15) is 0 Å². The average Bonchev–Trinajstić information content (AvgIpc) is 2.04. The Hall–Kier alpha value is -1.03. The predicted octanol–water partition coefficient (Wildman–Crippen LogP) is 1.81. The molecule has 0 bridgehead atoms. The van der Waals surface area contributed by atoms with Crippen LogP contribution < -0.4 is 5.63 Å². The molecule has 2 rings (SSSR count). The summed E-state index contributed by atoms with van der Waals surface area (Å²) in [6, 6.07) is 10.6. The van der Waals surface area contributed by atoms with E-state index in [1.165, 1.54) is 6.07 Å². The van der Waals surface area contributed by atoms with Gasteiger partial charge in [0.2, 0.25) is 0 Å². The fraction of sp³-hybridized carbons (Fsp3) is 0. The van der Waals surface area contributed by atoms with Crippen molar-refractivity contribution in [1.29, 1.82) is 0 Å². The Labute approximate surface area is 92.9 Å². The van der Waals surface area contributed by atoms with Crippen molar-refractivity contribution >= 4 is 35.8 Å². The maximum atomic E-state index is 10.7. The summed E-state index contributed by atoms with van der Waals surface area (Å²) in [6.07, 6.45) is 0. The summed E-state index contributed by atoms with van der Waals surface area (Å²) in [6.45, 7) is 0. The van der Waals surface area contributed by atoms with E-state index in [0.717, 1.165) is 5.39 Å². The summed E-state index contributed by atoms with van der Waals surface area (Å²) < 4.78 is 4.91. The molecule has 0 aliphatic heterocycles. The molecule has 2 aromatic rings. The first-order valence-corrected chi connectivity index (χ1v) is 3.35. The summed E-state index contributed by atoms with van der Waals surface area (Å²) in [7, 11) is 0. The minimum absolute atomic E-state index is 0. The Morgan fingerprint density at radius 2 is 1.57 bits per heavy atom. The lowest BCUT2D eigenvalue weighted by atomic mass is 10.2. The largest absolute Gasteiger partial charge is 0.423 e. The maximum Gasteiger partial charge on any atom is 0.336 e. The van der Waals surface area contributed by atoms with E-state index in [1.807, 2.05) is 18.2 Å². The van der Waals surface area contributed by atoms with Crippen LogP contribution in [-0.4, -0.2) is 5.48 Å². The molecular formula is C9H10Cl2O3. The summed E-state index contributed by atoms with van der Waals surface area (Å²) in [5.74, 6) is 0. The van der Waals surface area contributed by atoms with Crippen LogP contribution in [0.2, 0.25) is 0 Å². The fourth-order valence-corrected chi connectivity index (χ4v) is 1.01. The summed E-state index contributed by atoms with van der Waals surface area (Å²) in [5.41, 5.74) is 0.337. The van der Waals surface area contributed by atoms with Gasteiger partial charge >= 0.3 is 5.63 Å². The van der Waals surface area contributed by atoms with E-state index in [9.17, 15) is 4.79 Å².